The van der Waals surface area contributed by atoms with Crippen molar-refractivity contribution in [1.82, 2.24) is 19.8 Å². The number of likely N-dealkylation sites (N-methyl/N-ethyl adjacent to an activating group) is 1. The highest BCUT2D eigenvalue weighted by Crippen LogP contribution is 2.38. The second kappa shape index (κ2) is 11.6. The predicted molar refractivity (Wildman–Crippen MR) is 150 cm³/mol. The Hall–Kier alpha value is -2.64. The number of aromatic nitrogens is 2. The Labute approximate surface area is 218 Å². The van der Waals surface area contributed by atoms with Crippen molar-refractivity contribution in [2.24, 2.45) is 0 Å². The van der Waals surface area contributed by atoms with Gasteiger partial charge in [0.15, 0.2) is 5.82 Å². The Kier molecular flexibility index (Phi) is 8.52. The first-order chi connectivity index (χ1) is 17.2. The lowest BCUT2D eigenvalue weighted by molar-refractivity contribution is 0.155. The summed E-state index contributed by atoms with van der Waals surface area (Å²) < 4.78 is 18.4. The first kappa shape index (κ1) is 26.4. The molecule has 0 bridgehead atoms. The number of halogens is 1. The van der Waals surface area contributed by atoms with Gasteiger partial charge in [-0.2, -0.15) is 4.98 Å². The van der Waals surface area contributed by atoms with E-state index < -0.39 is 7.14 Å². The van der Waals surface area contributed by atoms with E-state index >= 15 is 0 Å². The summed E-state index contributed by atoms with van der Waals surface area (Å²) in [5.74, 6) is 1.53. The molecule has 0 atom stereocenters. The SMILES string of the molecule is COc1cc(CCN2CCN(C)CC2)ccc1Nc1ncc(Cl)c(Nc2ccccc2P(C)(C)=O)n1. The molecule has 1 aliphatic rings. The molecule has 2 N–H and O–H groups in total. The van der Waals surface area contributed by atoms with Crippen LogP contribution in [0.4, 0.5) is 23.1 Å². The molecule has 1 aliphatic heterocycles. The minimum absolute atomic E-state index is 0.364. The van der Waals surface area contributed by atoms with Gasteiger partial charge in [-0.3, -0.25) is 0 Å². The van der Waals surface area contributed by atoms with Gasteiger partial charge in [0, 0.05) is 38.0 Å². The number of hydrogen-bond acceptors (Lipinski definition) is 8. The quantitative estimate of drug-likeness (QED) is 0.388. The molecule has 0 aliphatic carbocycles. The predicted octanol–water partition coefficient (Wildman–Crippen LogP) is 4.66. The van der Waals surface area contributed by atoms with Crippen LogP contribution in [0.1, 0.15) is 5.56 Å². The van der Waals surface area contributed by atoms with Crippen molar-refractivity contribution in [2.75, 3.05) is 70.8 Å². The summed E-state index contributed by atoms with van der Waals surface area (Å²) >= 11 is 6.39. The lowest BCUT2D eigenvalue weighted by atomic mass is 10.1. The Balaban J connectivity index is 1.48. The van der Waals surface area contributed by atoms with Crippen molar-refractivity contribution in [1.29, 1.82) is 0 Å². The molecule has 0 spiro atoms. The highest BCUT2D eigenvalue weighted by molar-refractivity contribution is 7.70. The Bertz CT molecular complexity index is 1240. The van der Waals surface area contributed by atoms with E-state index in [0.29, 0.717) is 22.5 Å². The van der Waals surface area contributed by atoms with Gasteiger partial charge in [-0.05, 0) is 56.6 Å². The molecule has 2 heterocycles. The zero-order valence-electron chi connectivity index (χ0n) is 21.3. The summed E-state index contributed by atoms with van der Waals surface area (Å²) in [5.41, 5.74) is 2.69. The van der Waals surface area contributed by atoms with Crippen LogP contribution in [0.5, 0.6) is 5.75 Å². The fraction of sp³-hybridized carbons (Fsp3) is 0.385. The number of ether oxygens (including phenoxy) is 1. The molecular formula is C26H34ClN6O2P. The summed E-state index contributed by atoms with van der Waals surface area (Å²) in [4.78, 5) is 13.8. The van der Waals surface area contributed by atoms with Crippen LogP contribution in [-0.4, -0.2) is 80.0 Å². The van der Waals surface area contributed by atoms with Gasteiger partial charge in [0.2, 0.25) is 5.95 Å². The maximum atomic E-state index is 12.7. The van der Waals surface area contributed by atoms with Gasteiger partial charge in [-0.1, -0.05) is 29.8 Å². The summed E-state index contributed by atoms with van der Waals surface area (Å²) in [7, 11) is 1.34. The van der Waals surface area contributed by atoms with E-state index in [4.69, 9.17) is 16.3 Å². The van der Waals surface area contributed by atoms with E-state index in [1.807, 2.05) is 30.3 Å². The topological polar surface area (TPSA) is 82.6 Å². The van der Waals surface area contributed by atoms with Crippen molar-refractivity contribution in [3.63, 3.8) is 0 Å². The highest BCUT2D eigenvalue weighted by Gasteiger charge is 2.18. The van der Waals surface area contributed by atoms with Gasteiger partial charge >= 0.3 is 0 Å². The number of nitrogens with one attached hydrogen (secondary N) is 2. The monoisotopic (exact) mass is 528 g/mol. The van der Waals surface area contributed by atoms with E-state index in [1.54, 1.807) is 20.4 Å². The summed E-state index contributed by atoms with van der Waals surface area (Å²) in [5, 5.41) is 7.57. The number of methoxy groups -OCH3 is 1. The zero-order valence-corrected chi connectivity index (χ0v) is 22.9. The maximum absolute atomic E-state index is 12.7. The van der Waals surface area contributed by atoms with Crippen LogP contribution in [-0.2, 0) is 11.0 Å². The van der Waals surface area contributed by atoms with Crippen molar-refractivity contribution < 1.29 is 9.30 Å². The van der Waals surface area contributed by atoms with Crippen LogP contribution >= 0.6 is 18.7 Å². The molecule has 1 aromatic heterocycles. The van der Waals surface area contributed by atoms with Crippen molar-refractivity contribution >= 4 is 47.2 Å². The zero-order chi connectivity index (χ0) is 25.7. The van der Waals surface area contributed by atoms with Crippen LogP contribution < -0.4 is 20.7 Å². The molecule has 2 aromatic carbocycles. The fourth-order valence-electron chi connectivity index (χ4n) is 4.17. The molecule has 1 fully saturated rings. The number of anilines is 4. The molecular weight excluding hydrogens is 495 g/mol. The summed E-state index contributed by atoms with van der Waals surface area (Å²) in [6, 6.07) is 13.6. The first-order valence-electron chi connectivity index (χ1n) is 12.0. The smallest absolute Gasteiger partial charge is 0.229 e. The Morgan fingerprint density at radius 1 is 1.06 bits per heavy atom. The third-order valence-corrected chi connectivity index (χ3v) is 8.13. The molecule has 0 amide bonds. The lowest BCUT2D eigenvalue weighted by Gasteiger charge is -2.32. The van der Waals surface area contributed by atoms with E-state index in [9.17, 15) is 4.57 Å². The first-order valence-corrected chi connectivity index (χ1v) is 15.0. The Morgan fingerprint density at radius 2 is 1.81 bits per heavy atom. The largest absolute Gasteiger partial charge is 0.495 e. The highest BCUT2D eigenvalue weighted by atomic mass is 35.5. The van der Waals surface area contributed by atoms with E-state index in [0.717, 1.165) is 55.9 Å². The van der Waals surface area contributed by atoms with Crippen molar-refractivity contribution in [2.45, 2.75) is 6.42 Å². The molecule has 192 valence electrons. The standard InChI is InChI=1S/C26H34ClN6O2P/c1-32-13-15-33(16-14-32)12-11-19-9-10-21(23(17-19)35-2)30-26-28-18-20(27)25(31-26)29-22-7-5-6-8-24(22)36(3,4)34/h5-10,17-18H,11-16H2,1-4H3,(H2,28,29,30,31). The lowest BCUT2D eigenvalue weighted by Crippen LogP contribution is -2.45. The van der Waals surface area contributed by atoms with Crippen molar-refractivity contribution in [3.8, 4) is 5.75 Å². The third-order valence-electron chi connectivity index (χ3n) is 6.31. The number of piperazine rings is 1. The van der Waals surface area contributed by atoms with Gasteiger partial charge in [-0.15, -0.1) is 0 Å². The molecule has 36 heavy (non-hydrogen) atoms. The molecule has 1 saturated heterocycles. The normalized spacial score (nSPS) is 15.0. The number of hydrogen-bond donors (Lipinski definition) is 2. The fourth-order valence-corrected chi connectivity index (χ4v) is 5.46. The minimum atomic E-state index is -2.49. The van der Waals surface area contributed by atoms with Crippen LogP contribution in [0.15, 0.2) is 48.7 Å². The van der Waals surface area contributed by atoms with Gasteiger partial charge in [0.25, 0.3) is 0 Å². The van der Waals surface area contributed by atoms with Gasteiger partial charge < -0.3 is 29.7 Å². The van der Waals surface area contributed by atoms with Gasteiger partial charge in [0.05, 0.1) is 24.7 Å². The molecule has 3 aromatic rings. The average Bonchev–Trinajstić information content (AvgIpc) is 2.86. The third kappa shape index (κ3) is 6.77. The molecule has 8 nitrogen and oxygen atoms in total. The summed E-state index contributed by atoms with van der Waals surface area (Å²) in [6.07, 6.45) is 2.50. The van der Waals surface area contributed by atoms with E-state index in [2.05, 4.69) is 49.6 Å². The molecule has 0 saturated carbocycles. The van der Waals surface area contributed by atoms with Crippen molar-refractivity contribution in [3.05, 3.63) is 59.2 Å². The number of para-hydroxylation sites is 1. The molecule has 0 radical (unpaired) electrons. The summed E-state index contributed by atoms with van der Waals surface area (Å²) in [6.45, 7) is 8.96. The van der Waals surface area contributed by atoms with Crippen LogP contribution in [0.25, 0.3) is 0 Å². The second-order valence-corrected chi connectivity index (χ2v) is 13.0. The van der Waals surface area contributed by atoms with E-state index in [-0.39, 0.29) is 0 Å². The minimum Gasteiger partial charge on any atom is -0.495 e. The maximum Gasteiger partial charge on any atom is 0.229 e. The number of rotatable bonds is 9. The van der Waals surface area contributed by atoms with Crippen LogP contribution in [0, 0.1) is 0 Å². The number of benzene rings is 2. The molecule has 10 heteroatoms. The number of nitrogens with zero attached hydrogens (tertiary/aromatic N) is 4. The molecule has 4 rings (SSSR count). The Morgan fingerprint density at radius 3 is 2.53 bits per heavy atom. The second-order valence-electron chi connectivity index (χ2n) is 9.44. The van der Waals surface area contributed by atoms with Gasteiger partial charge in [-0.25, -0.2) is 4.98 Å². The average molecular weight is 529 g/mol. The van der Waals surface area contributed by atoms with Crippen LogP contribution in [0.3, 0.4) is 0 Å². The van der Waals surface area contributed by atoms with E-state index in [1.165, 1.54) is 11.8 Å². The van der Waals surface area contributed by atoms with Crippen LogP contribution in [0.2, 0.25) is 5.02 Å². The molecule has 0 unspecified atom stereocenters. The van der Waals surface area contributed by atoms with Gasteiger partial charge in [0.1, 0.15) is 17.9 Å².